The van der Waals surface area contributed by atoms with Gasteiger partial charge < -0.3 is 0 Å². The average molecular weight is 215 g/mol. The highest BCUT2D eigenvalue weighted by Crippen LogP contribution is 2.30. The van der Waals surface area contributed by atoms with Crippen LogP contribution in [-0.4, -0.2) is 0 Å². The van der Waals surface area contributed by atoms with Crippen molar-refractivity contribution in [1.82, 2.24) is 0 Å². The van der Waals surface area contributed by atoms with E-state index in [1.165, 1.54) is 6.07 Å². The van der Waals surface area contributed by atoms with E-state index in [0.717, 1.165) is 12.0 Å². The van der Waals surface area contributed by atoms with Crippen molar-refractivity contribution in [2.45, 2.75) is 33.1 Å². The molecule has 1 atom stereocenters. The molecular weight excluding hydrogens is 199 g/mol. The van der Waals surface area contributed by atoms with E-state index in [-0.39, 0.29) is 10.8 Å². The molecule has 0 spiro atoms. The maximum absolute atomic E-state index is 12.9. The monoisotopic (exact) mass is 214 g/mol. The summed E-state index contributed by atoms with van der Waals surface area (Å²) in [5.41, 5.74) is 1.13. The van der Waals surface area contributed by atoms with E-state index in [4.69, 9.17) is 11.6 Å². The van der Waals surface area contributed by atoms with Crippen molar-refractivity contribution in [3.8, 4) is 0 Å². The van der Waals surface area contributed by atoms with Crippen LogP contribution >= 0.6 is 11.6 Å². The summed E-state index contributed by atoms with van der Waals surface area (Å²) >= 11 is 5.74. The summed E-state index contributed by atoms with van der Waals surface area (Å²) in [6.45, 7) is 6.48. The van der Waals surface area contributed by atoms with Gasteiger partial charge in [0, 0.05) is 0 Å². The first-order valence-corrected chi connectivity index (χ1v) is 5.39. The molecule has 1 rings (SSSR count). The summed E-state index contributed by atoms with van der Waals surface area (Å²) in [6, 6.07) is 5.02. The number of benzene rings is 1. The molecular formula is C12H16ClF. The molecule has 0 nitrogen and oxygen atoms in total. The van der Waals surface area contributed by atoms with Crippen LogP contribution < -0.4 is 0 Å². The molecule has 0 saturated carbocycles. The lowest BCUT2D eigenvalue weighted by Gasteiger charge is -2.19. The van der Waals surface area contributed by atoms with Crippen molar-refractivity contribution < 1.29 is 4.39 Å². The number of hydrogen-bond acceptors (Lipinski definition) is 0. The van der Waals surface area contributed by atoms with Crippen molar-refractivity contribution in [3.05, 3.63) is 34.6 Å². The zero-order valence-corrected chi connectivity index (χ0v) is 9.61. The van der Waals surface area contributed by atoms with Crippen molar-refractivity contribution in [1.29, 1.82) is 0 Å². The zero-order valence-electron chi connectivity index (χ0n) is 8.85. The van der Waals surface area contributed by atoms with E-state index >= 15 is 0 Å². The molecule has 1 aromatic carbocycles. The molecule has 78 valence electrons. The third-order valence-electron chi connectivity index (χ3n) is 2.62. The number of rotatable bonds is 3. The van der Waals surface area contributed by atoms with Gasteiger partial charge >= 0.3 is 0 Å². The highest BCUT2D eigenvalue weighted by molar-refractivity contribution is 6.30. The molecule has 14 heavy (non-hydrogen) atoms. The Morgan fingerprint density at radius 3 is 2.43 bits per heavy atom. The van der Waals surface area contributed by atoms with Crippen molar-refractivity contribution in [3.63, 3.8) is 0 Å². The van der Waals surface area contributed by atoms with Gasteiger partial charge in [0.15, 0.2) is 0 Å². The van der Waals surface area contributed by atoms with E-state index in [9.17, 15) is 4.39 Å². The summed E-state index contributed by atoms with van der Waals surface area (Å²) in [7, 11) is 0. The van der Waals surface area contributed by atoms with Gasteiger partial charge in [-0.25, -0.2) is 4.39 Å². The van der Waals surface area contributed by atoms with E-state index in [1.807, 2.05) is 6.07 Å². The number of halogens is 2. The van der Waals surface area contributed by atoms with Crippen LogP contribution in [0.15, 0.2) is 18.2 Å². The molecule has 1 unspecified atom stereocenters. The van der Waals surface area contributed by atoms with Gasteiger partial charge in [0.2, 0.25) is 0 Å². The molecule has 1 aromatic rings. The second-order valence-electron chi connectivity index (χ2n) is 3.93. The predicted molar refractivity (Wildman–Crippen MR) is 59.3 cm³/mol. The summed E-state index contributed by atoms with van der Waals surface area (Å²) in [4.78, 5) is 0. The Morgan fingerprint density at radius 2 is 2.00 bits per heavy atom. The molecule has 0 amide bonds. The fraction of sp³-hybridized carbons (Fsp3) is 0.500. The molecule has 0 aliphatic carbocycles. The van der Waals surface area contributed by atoms with Gasteiger partial charge in [-0.2, -0.15) is 0 Å². The molecule has 0 N–H and O–H groups in total. The van der Waals surface area contributed by atoms with Crippen LogP contribution in [0.2, 0.25) is 5.02 Å². The zero-order chi connectivity index (χ0) is 10.7. The van der Waals surface area contributed by atoms with Gasteiger partial charge in [-0.05, 0) is 36.0 Å². The maximum Gasteiger partial charge on any atom is 0.141 e. The van der Waals surface area contributed by atoms with E-state index in [1.54, 1.807) is 6.07 Å². The molecule has 0 heterocycles. The minimum atomic E-state index is -0.339. The van der Waals surface area contributed by atoms with Gasteiger partial charge in [0.05, 0.1) is 5.02 Å². The minimum Gasteiger partial charge on any atom is -0.205 e. The Bertz CT molecular complexity index is 307. The minimum absolute atomic E-state index is 0.224. The van der Waals surface area contributed by atoms with Crippen LogP contribution in [0.5, 0.6) is 0 Å². The van der Waals surface area contributed by atoms with Crippen molar-refractivity contribution >= 4 is 11.6 Å². The van der Waals surface area contributed by atoms with Crippen LogP contribution in [-0.2, 0) is 0 Å². The predicted octanol–water partition coefficient (Wildman–Crippen LogP) is 4.63. The van der Waals surface area contributed by atoms with Gasteiger partial charge in [-0.1, -0.05) is 38.4 Å². The quantitative estimate of drug-likeness (QED) is 0.688. The van der Waals surface area contributed by atoms with Gasteiger partial charge in [-0.3, -0.25) is 0 Å². The first kappa shape index (κ1) is 11.5. The molecule has 0 aliphatic heterocycles. The summed E-state index contributed by atoms with van der Waals surface area (Å²) in [5, 5.41) is 0.224. The Morgan fingerprint density at radius 1 is 1.36 bits per heavy atom. The van der Waals surface area contributed by atoms with Crippen molar-refractivity contribution in [2.75, 3.05) is 0 Å². The van der Waals surface area contributed by atoms with E-state index in [0.29, 0.717) is 11.8 Å². The van der Waals surface area contributed by atoms with E-state index in [2.05, 4.69) is 20.8 Å². The molecule has 0 radical (unpaired) electrons. The summed E-state index contributed by atoms with van der Waals surface area (Å²) in [5.74, 6) is 0.684. The van der Waals surface area contributed by atoms with Crippen LogP contribution in [0.25, 0.3) is 0 Å². The average Bonchev–Trinajstić information content (AvgIpc) is 2.11. The van der Waals surface area contributed by atoms with Crippen molar-refractivity contribution in [2.24, 2.45) is 5.92 Å². The normalized spacial score (nSPS) is 13.3. The SMILES string of the molecule is CCC(c1ccc(F)c(Cl)c1)C(C)C. The smallest absolute Gasteiger partial charge is 0.141 e. The third-order valence-corrected chi connectivity index (χ3v) is 2.91. The fourth-order valence-corrected chi connectivity index (χ4v) is 2.02. The Balaban J connectivity index is 3.00. The lowest BCUT2D eigenvalue weighted by atomic mass is 9.86. The fourth-order valence-electron chi connectivity index (χ4n) is 1.84. The highest BCUT2D eigenvalue weighted by atomic mass is 35.5. The first-order valence-electron chi connectivity index (χ1n) is 5.01. The topological polar surface area (TPSA) is 0 Å². The van der Waals surface area contributed by atoms with Gasteiger partial charge in [0.1, 0.15) is 5.82 Å². The van der Waals surface area contributed by atoms with Crippen LogP contribution in [0, 0.1) is 11.7 Å². The Hall–Kier alpha value is -0.560. The highest BCUT2D eigenvalue weighted by Gasteiger charge is 2.14. The largest absolute Gasteiger partial charge is 0.205 e. The second kappa shape index (κ2) is 4.79. The molecule has 0 bridgehead atoms. The number of hydrogen-bond donors (Lipinski definition) is 0. The standard InChI is InChI=1S/C12H16ClF/c1-4-10(8(2)3)9-5-6-12(14)11(13)7-9/h5-8,10H,4H2,1-3H3. The third kappa shape index (κ3) is 2.48. The second-order valence-corrected chi connectivity index (χ2v) is 4.34. The van der Waals surface area contributed by atoms with Crippen LogP contribution in [0.3, 0.4) is 0 Å². The summed E-state index contributed by atoms with van der Waals surface area (Å²) in [6.07, 6.45) is 1.06. The molecule has 0 aliphatic rings. The molecule has 0 aromatic heterocycles. The van der Waals surface area contributed by atoms with E-state index < -0.39 is 0 Å². The Kier molecular flexibility index (Phi) is 3.94. The van der Waals surface area contributed by atoms with Crippen LogP contribution in [0.4, 0.5) is 4.39 Å². The van der Waals surface area contributed by atoms with Gasteiger partial charge in [-0.15, -0.1) is 0 Å². The molecule has 0 saturated heterocycles. The maximum atomic E-state index is 12.9. The van der Waals surface area contributed by atoms with Gasteiger partial charge in [0.25, 0.3) is 0 Å². The summed E-state index contributed by atoms with van der Waals surface area (Å²) < 4.78 is 12.9. The molecule has 0 fully saturated rings. The lowest BCUT2D eigenvalue weighted by molar-refractivity contribution is 0.484. The van der Waals surface area contributed by atoms with Crippen LogP contribution in [0.1, 0.15) is 38.7 Å². The lowest BCUT2D eigenvalue weighted by Crippen LogP contribution is -2.05. The Labute approximate surface area is 90.1 Å². The first-order chi connectivity index (χ1) is 6.56. The molecule has 2 heteroatoms.